The van der Waals surface area contributed by atoms with Crippen molar-refractivity contribution in [2.24, 2.45) is 0 Å². The highest BCUT2D eigenvalue weighted by molar-refractivity contribution is 9.10. The molecule has 0 fully saturated rings. The summed E-state index contributed by atoms with van der Waals surface area (Å²) in [5.74, 6) is 1.23. The molecule has 2 N–H and O–H groups in total. The summed E-state index contributed by atoms with van der Waals surface area (Å²) in [4.78, 5) is 0.666. The van der Waals surface area contributed by atoms with Crippen molar-refractivity contribution >= 4 is 32.4 Å². The first-order valence-electron chi connectivity index (χ1n) is 5.66. The lowest BCUT2D eigenvalue weighted by Crippen LogP contribution is -2.01. The molecule has 0 aliphatic rings. The van der Waals surface area contributed by atoms with Gasteiger partial charge in [0.15, 0.2) is 0 Å². The van der Waals surface area contributed by atoms with E-state index in [9.17, 15) is 4.21 Å². The van der Waals surface area contributed by atoms with E-state index >= 15 is 0 Å². The predicted octanol–water partition coefficient (Wildman–Crippen LogP) is 3.35. The summed E-state index contributed by atoms with van der Waals surface area (Å²) >= 11 is 3.34. The number of hydrogen-bond donors (Lipinski definition) is 1. The van der Waals surface area contributed by atoms with Crippen molar-refractivity contribution in [3.63, 3.8) is 0 Å². The summed E-state index contributed by atoms with van der Waals surface area (Å²) < 4.78 is 18.3. The van der Waals surface area contributed by atoms with Crippen molar-refractivity contribution in [2.45, 2.75) is 10.6 Å². The number of benzene rings is 2. The Morgan fingerprint density at radius 3 is 2.47 bits per heavy atom. The van der Waals surface area contributed by atoms with Crippen molar-refractivity contribution in [1.29, 1.82) is 0 Å². The van der Waals surface area contributed by atoms with Gasteiger partial charge in [-0.25, -0.2) is 0 Å². The van der Waals surface area contributed by atoms with Gasteiger partial charge in [0.2, 0.25) is 0 Å². The molecule has 0 aliphatic carbocycles. The first kappa shape index (κ1) is 14.1. The summed E-state index contributed by atoms with van der Waals surface area (Å²) in [6.45, 7) is 0. The molecule has 2 aromatic carbocycles. The summed E-state index contributed by atoms with van der Waals surface area (Å²) in [6.07, 6.45) is 0. The van der Waals surface area contributed by atoms with E-state index in [1.54, 1.807) is 19.2 Å². The molecule has 100 valence electrons. The van der Waals surface area contributed by atoms with Crippen molar-refractivity contribution in [1.82, 2.24) is 0 Å². The molecule has 1 atom stereocenters. The normalized spacial score (nSPS) is 12.1. The molecule has 0 heterocycles. The van der Waals surface area contributed by atoms with Gasteiger partial charge in [0.1, 0.15) is 5.75 Å². The van der Waals surface area contributed by atoms with Gasteiger partial charge in [-0.2, -0.15) is 0 Å². The summed E-state index contributed by atoms with van der Waals surface area (Å²) in [7, 11) is 0.471. The van der Waals surface area contributed by atoms with E-state index in [-0.39, 0.29) is 0 Å². The Kier molecular flexibility index (Phi) is 4.61. The summed E-state index contributed by atoms with van der Waals surface area (Å²) in [6, 6.07) is 12.9. The van der Waals surface area contributed by atoms with Crippen LogP contribution in [0.5, 0.6) is 5.75 Å². The van der Waals surface area contributed by atoms with E-state index in [1.807, 2.05) is 30.3 Å². The number of rotatable bonds is 4. The molecule has 2 aromatic rings. The predicted molar refractivity (Wildman–Crippen MR) is 81.7 cm³/mol. The molecule has 0 saturated heterocycles. The van der Waals surface area contributed by atoms with Gasteiger partial charge in [0.05, 0.1) is 28.6 Å². The Bertz CT molecular complexity index is 599. The minimum Gasteiger partial charge on any atom is -0.497 e. The minimum atomic E-state index is -1.15. The quantitative estimate of drug-likeness (QED) is 0.869. The number of methoxy groups -OCH3 is 1. The molecule has 0 spiro atoms. The molecule has 0 amide bonds. The van der Waals surface area contributed by atoms with Crippen molar-refractivity contribution < 1.29 is 8.95 Å². The number of ether oxygens (including phenoxy) is 1. The lowest BCUT2D eigenvalue weighted by atomic mass is 10.2. The van der Waals surface area contributed by atoms with Gasteiger partial charge in [-0.3, -0.25) is 4.21 Å². The van der Waals surface area contributed by atoms with E-state index in [4.69, 9.17) is 10.5 Å². The zero-order valence-corrected chi connectivity index (χ0v) is 12.8. The van der Waals surface area contributed by atoms with Gasteiger partial charge in [-0.1, -0.05) is 28.1 Å². The van der Waals surface area contributed by atoms with Crippen LogP contribution in [0, 0.1) is 0 Å². The maximum Gasteiger partial charge on any atom is 0.118 e. The molecule has 0 saturated carbocycles. The lowest BCUT2D eigenvalue weighted by Gasteiger charge is -2.07. The molecule has 1 unspecified atom stereocenters. The average Bonchev–Trinajstić information content (AvgIpc) is 2.39. The van der Waals surface area contributed by atoms with Gasteiger partial charge in [-0.15, -0.1) is 0 Å². The first-order valence-corrected chi connectivity index (χ1v) is 7.77. The number of anilines is 1. The van der Waals surface area contributed by atoms with E-state index in [1.165, 1.54) is 0 Å². The minimum absolute atomic E-state index is 0.440. The standard InChI is InChI=1S/C14H14BrNO2S/c1-18-12-5-2-10(3-6-12)9-19(17)14-7-4-11(15)8-13(14)16/h2-8H,9,16H2,1H3. The molecule has 0 aliphatic heterocycles. The molecule has 0 aromatic heterocycles. The second-order valence-corrected chi connectivity index (χ2v) is 6.36. The Morgan fingerprint density at radius 2 is 1.89 bits per heavy atom. The monoisotopic (exact) mass is 339 g/mol. The molecule has 2 rings (SSSR count). The fourth-order valence-corrected chi connectivity index (χ4v) is 3.25. The van der Waals surface area contributed by atoms with Crippen molar-refractivity contribution in [3.05, 3.63) is 52.5 Å². The highest BCUT2D eigenvalue weighted by Crippen LogP contribution is 2.23. The van der Waals surface area contributed by atoms with Crippen LogP contribution in [0.1, 0.15) is 5.56 Å². The van der Waals surface area contributed by atoms with E-state index < -0.39 is 10.8 Å². The molecular weight excluding hydrogens is 326 g/mol. The van der Waals surface area contributed by atoms with Crippen LogP contribution in [-0.2, 0) is 16.6 Å². The molecule has 5 heteroatoms. The Morgan fingerprint density at radius 1 is 1.21 bits per heavy atom. The maximum absolute atomic E-state index is 12.3. The molecule has 19 heavy (non-hydrogen) atoms. The van der Waals surface area contributed by atoms with Gasteiger partial charge in [0.25, 0.3) is 0 Å². The van der Waals surface area contributed by atoms with E-state index in [2.05, 4.69) is 15.9 Å². The van der Waals surface area contributed by atoms with Crippen molar-refractivity contribution in [3.8, 4) is 5.75 Å². The van der Waals surface area contributed by atoms with Crippen LogP contribution in [0.4, 0.5) is 5.69 Å². The Labute approximate surface area is 123 Å². The van der Waals surface area contributed by atoms with E-state index in [0.29, 0.717) is 16.3 Å². The maximum atomic E-state index is 12.3. The topological polar surface area (TPSA) is 52.3 Å². The van der Waals surface area contributed by atoms with E-state index in [0.717, 1.165) is 15.8 Å². The highest BCUT2D eigenvalue weighted by atomic mass is 79.9. The summed E-state index contributed by atoms with van der Waals surface area (Å²) in [5.41, 5.74) is 7.41. The third-order valence-electron chi connectivity index (χ3n) is 2.67. The van der Waals surface area contributed by atoms with Gasteiger partial charge in [-0.05, 0) is 35.9 Å². The summed E-state index contributed by atoms with van der Waals surface area (Å²) in [5, 5.41) is 0. The smallest absolute Gasteiger partial charge is 0.118 e. The molecule has 0 bridgehead atoms. The second-order valence-electron chi connectivity index (χ2n) is 4.02. The van der Waals surface area contributed by atoms with Crippen LogP contribution in [0.3, 0.4) is 0 Å². The van der Waals surface area contributed by atoms with Crippen molar-refractivity contribution in [2.75, 3.05) is 12.8 Å². The number of halogens is 1. The number of nitrogens with two attached hydrogens (primary N) is 1. The van der Waals surface area contributed by atoms with Crippen LogP contribution in [0.2, 0.25) is 0 Å². The van der Waals surface area contributed by atoms with Gasteiger partial charge < -0.3 is 10.5 Å². The molecule has 0 radical (unpaired) electrons. The SMILES string of the molecule is COc1ccc(CS(=O)c2ccc(Br)cc2N)cc1. The average molecular weight is 340 g/mol. The number of hydrogen-bond acceptors (Lipinski definition) is 3. The van der Waals surface area contributed by atoms with Crippen LogP contribution in [0.25, 0.3) is 0 Å². The fourth-order valence-electron chi connectivity index (χ4n) is 1.68. The second kappa shape index (κ2) is 6.21. The highest BCUT2D eigenvalue weighted by Gasteiger charge is 2.09. The largest absolute Gasteiger partial charge is 0.497 e. The Balaban J connectivity index is 2.15. The Hall–Kier alpha value is -1.33. The molecular formula is C14H14BrNO2S. The van der Waals surface area contributed by atoms with Crippen LogP contribution in [0.15, 0.2) is 51.8 Å². The zero-order chi connectivity index (χ0) is 13.8. The van der Waals surface area contributed by atoms with Crippen LogP contribution in [-0.4, -0.2) is 11.3 Å². The van der Waals surface area contributed by atoms with Crippen LogP contribution >= 0.6 is 15.9 Å². The number of nitrogen functional groups attached to an aromatic ring is 1. The third-order valence-corrected chi connectivity index (χ3v) is 4.63. The third kappa shape index (κ3) is 3.58. The molecule has 3 nitrogen and oxygen atoms in total. The van der Waals surface area contributed by atoms with Gasteiger partial charge >= 0.3 is 0 Å². The lowest BCUT2D eigenvalue weighted by molar-refractivity contribution is 0.414. The fraction of sp³-hybridized carbons (Fsp3) is 0.143. The first-order chi connectivity index (χ1) is 9.10. The van der Waals surface area contributed by atoms with Crippen LogP contribution < -0.4 is 10.5 Å². The zero-order valence-electron chi connectivity index (χ0n) is 10.4. The van der Waals surface area contributed by atoms with Gasteiger partial charge in [0, 0.05) is 10.2 Å².